The standard InChI is InChI=1S/C21H25N3O2S/c1-14-5-7-15(8-6-14)12-24-13-16(11-20(24)25)21(26)22-10-9-19-23-17-3-2-4-18(17)27-19/h5-8,16H,2-4,9-13H2,1H3,(H,22,26)/t16-/m1/s1. The van der Waals surface area contributed by atoms with Gasteiger partial charge in [-0.1, -0.05) is 29.8 Å². The molecule has 0 unspecified atom stereocenters. The number of likely N-dealkylation sites (tertiary alicyclic amines) is 1. The van der Waals surface area contributed by atoms with E-state index in [1.54, 1.807) is 16.2 Å². The average Bonchev–Trinajstić information content (AvgIpc) is 3.32. The van der Waals surface area contributed by atoms with Crippen molar-refractivity contribution >= 4 is 23.2 Å². The number of aromatic nitrogens is 1. The zero-order valence-electron chi connectivity index (χ0n) is 15.7. The van der Waals surface area contributed by atoms with Gasteiger partial charge in [-0.05, 0) is 31.7 Å². The van der Waals surface area contributed by atoms with Gasteiger partial charge in [0.2, 0.25) is 11.8 Å². The number of benzene rings is 1. The van der Waals surface area contributed by atoms with E-state index in [4.69, 9.17) is 0 Å². The zero-order valence-corrected chi connectivity index (χ0v) is 16.5. The lowest BCUT2D eigenvalue weighted by Gasteiger charge is -2.17. The van der Waals surface area contributed by atoms with Gasteiger partial charge in [0.1, 0.15) is 0 Å². The van der Waals surface area contributed by atoms with E-state index in [1.807, 2.05) is 19.1 Å². The first-order valence-electron chi connectivity index (χ1n) is 9.67. The molecule has 1 fully saturated rings. The van der Waals surface area contributed by atoms with E-state index < -0.39 is 0 Å². The van der Waals surface area contributed by atoms with E-state index >= 15 is 0 Å². The molecule has 1 aromatic carbocycles. The van der Waals surface area contributed by atoms with Crippen LogP contribution in [-0.4, -0.2) is 34.8 Å². The molecular formula is C21H25N3O2S. The van der Waals surface area contributed by atoms with E-state index in [0.717, 1.165) is 29.8 Å². The van der Waals surface area contributed by atoms with Crippen LogP contribution in [0.5, 0.6) is 0 Å². The van der Waals surface area contributed by atoms with Gasteiger partial charge in [-0.25, -0.2) is 4.98 Å². The van der Waals surface area contributed by atoms with E-state index in [-0.39, 0.29) is 17.7 Å². The topological polar surface area (TPSA) is 62.3 Å². The summed E-state index contributed by atoms with van der Waals surface area (Å²) in [5.74, 6) is -0.199. The lowest BCUT2D eigenvalue weighted by Crippen LogP contribution is -2.34. The number of rotatable bonds is 6. The normalized spacial score (nSPS) is 18.8. The Hall–Kier alpha value is -2.21. The molecule has 1 aromatic heterocycles. The van der Waals surface area contributed by atoms with Crippen LogP contribution < -0.4 is 5.32 Å². The van der Waals surface area contributed by atoms with Crippen LogP contribution in [0.2, 0.25) is 0 Å². The first kappa shape index (κ1) is 18.2. The fourth-order valence-electron chi connectivity index (χ4n) is 3.80. The minimum Gasteiger partial charge on any atom is -0.355 e. The van der Waals surface area contributed by atoms with Crippen LogP contribution in [0.15, 0.2) is 24.3 Å². The van der Waals surface area contributed by atoms with Crippen molar-refractivity contribution in [2.75, 3.05) is 13.1 Å². The summed E-state index contributed by atoms with van der Waals surface area (Å²) in [5, 5.41) is 4.11. The van der Waals surface area contributed by atoms with Crippen LogP contribution in [0.1, 0.15) is 39.5 Å². The molecule has 6 heteroatoms. The van der Waals surface area contributed by atoms with Crippen molar-refractivity contribution in [2.24, 2.45) is 5.92 Å². The molecule has 4 rings (SSSR count). The number of carbonyl (C=O) groups is 2. The summed E-state index contributed by atoms with van der Waals surface area (Å²) in [5.41, 5.74) is 3.57. The highest BCUT2D eigenvalue weighted by Crippen LogP contribution is 2.27. The molecule has 0 spiro atoms. The number of hydrogen-bond donors (Lipinski definition) is 1. The molecule has 2 aliphatic rings. The Morgan fingerprint density at radius 2 is 2.11 bits per heavy atom. The van der Waals surface area contributed by atoms with Gasteiger partial charge in [0.25, 0.3) is 0 Å². The quantitative estimate of drug-likeness (QED) is 0.834. The van der Waals surface area contributed by atoms with Crippen molar-refractivity contribution in [3.63, 3.8) is 0 Å². The fraction of sp³-hybridized carbons (Fsp3) is 0.476. The molecule has 142 valence electrons. The van der Waals surface area contributed by atoms with Gasteiger partial charge >= 0.3 is 0 Å². The smallest absolute Gasteiger partial charge is 0.225 e. The first-order chi connectivity index (χ1) is 13.1. The van der Waals surface area contributed by atoms with Gasteiger partial charge in [0.15, 0.2) is 0 Å². The number of fused-ring (bicyclic) bond motifs is 1. The first-order valence-corrected chi connectivity index (χ1v) is 10.5. The van der Waals surface area contributed by atoms with E-state index in [1.165, 1.54) is 22.6 Å². The van der Waals surface area contributed by atoms with Gasteiger partial charge in [0, 0.05) is 37.4 Å². The second kappa shape index (κ2) is 7.80. The van der Waals surface area contributed by atoms with Crippen molar-refractivity contribution in [1.82, 2.24) is 15.2 Å². The van der Waals surface area contributed by atoms with Gasteiger partial charge in [-0.15, -0.1) is 11.3 Å². The molecule has 2 heterocycles. The molecule has 0 saturated carbocycles. The Labute approximate surface area is 163 Å². The highest BCUT2D eigenvalue weighted by atomic mass is 32.1. The Morgan fingerprint density at radius 3 is 2.89 bits per heavy atom. The molecular weight excluding hydrogens is 358 g/mol. The van der Waals surface area contributed by atoms with Crippen molar-refractivity contribution < 1.29 is 9.59 Å². The summed E-state index contributed by atoms with van der Waals surface area (Å²) in [6.07, 6.45) is 4.56. The van der Waals surface area contributed by atoms with Crippen molar-refractivity contribution in [2.45, 2.75) is 45.6 Å². The van der Waals surface area contributed by atoms with Crippen molar-refractivity contribution in [3.8, 4) is 0 Å². The number of thiazole rings is 1. The van der Waals surface area contributed by atoms with Crippen LogP contribution in [0, 0.1) is 12.8 Å². The maximum atomic E-state index is 12.5. The molecule has 1 saturated heterocycles. The zero-order chi connectivity index (χ0) is 18.8. The van der Waals surface area contributed by atoms with Gasteiger partial charge < -0.3 is 10.2 Å². The number of aryl methyl sites for hydroxylation is 3. The number of carbonyl (C=O) groups excluding carboxylic acids is 2. The predicted molar refractivity (Wildman–Crippen MR) is 106 cm³/mol. The van der Waals surface area contributed by atoms with E-state index in [0.29, 0.717) is 26.1 Å². The van der Waals surface area contributed by atoms with Gasteiger partial charge in [-0.2, -0.15) is 0 Å². The second-order valence-corrected chi connectivity index (χ2v) is 8.70. The van der Waals surface area contributed by atoms with Crippen LogP contribution in [0.3, 0.4) is 0 Å². The van der Waals surface area contributed by atoms with Crippen LogP contribution in [0.4, 0.5) is 0 Å². The monoisotopic (exact) mass is 383 g/mol. The highest BCUT2D eigenvalue weighted by molar-refractivity contribution is 7.11. The summed E-state index contributed by atoms with van der Waals surface area (Å²) < 4.78 is 0. The third-order valence-corrected chi connectivity index (χ3v) is 6.57. The Kier molecular flexibility index (Phi) is 5.25. The molecule has 1 aliphatic heterocycles. The largest absolute Gasteiger partial charge is 0.355 e. The van der Waals surface area contributed by atoms with Crippen LogP contribution in [0.25, 0.3) is 0 Å². The molecule has 2 amide bonds. The van der Waals surface area contributed by atoms with E-state index in [9.17, 15) is 9.59 Å². The third-order valence-electron chi connectivity index (χ3n) is 5.36. The fourth-order valence-corrected chi connectivity index (χ4v) is 4.96. The number of amides is 2. The Balaban J connectivity index is 1.25. The lowest BCUT2D eigenvalue weighted by atomic mass is 10.1. The molecule has 0 bridgehead atoms. The molecule has 1 atom stereocenters. The number of nitrogens with zero attached hydrogens (tertiary/aromatic N) is 2. The highest BCUT2D eigenvalue weighted by Gasteiger charge is 2.34. The predicted octanol–water partition coefficient (Wildman–Crippen LogP) is 2.65. The molecule has 27 heavy (non-hydrogen) atoms. The van der Waals surface area contributed by atoms with Gasteiger partial charge in [-0.3, -0.25) is 9.59 Å². The Bertz CT molecular complexity index is 822. The van der Waals surface area contributed by atoms with Crippen LogP contribution >= 0.6 is 11.3 Å². The SMILES string of the molecule is Cc1ccc(CN2C[C@H](C(=O)NCCc3nc4c(s3)CCC4)CC2=O)cc1. The minimum absolute atomic E-state index is 0.0150. The van der Waals surface area contributed by atoms with Crippen LogP contribution in [-0.2, 0) is 35.4 Å². The summed E-state index contributed by atoms with van der Waals surface area (Å²) in [6.45, 7) is 3.72. The summed E-state index contributed by atoms with van der Waals surface area (Å²) >= 11 is 1.78. The maximum absolute atomic E-state index is 12.5. The second-order valence-electron chi connectivity index (χ2n) is 7.53. The average molecular weight is 384 g/mol. The summed E-state index contributed by atoms with van der Waals surface area (Å²) in [6, 6.07) is 8.19. The third kappa shape index (κ3) is 4.21. The molecule has 0 radical (unpaired) electrons. The molecule has 2 aromatic rings. The molecule has 1 N–H and O–H groups in total. The summed E-state index contributed by atoms with van der Waals surface area (Å²) in [7, 11) is 0. The number of hydrogen-bond acceptors (Lipinski definition) is 4. The van der Waals surface area contributed by atoms with E-state index in [2.05, 4.69) is 22.4 Å². The summed E-state index contributed by atoms with van der Waals surface area (Å²) in [4.78, 5) is 32.6. The lowest BCUT2D eigenvalue weighted by molar-refractivity contribution is -0.129. The van der Waals surface area contributed by atoms with Gasteiger partial charge in [0.05, 0.1) is 16.6 Å². The minimum atomic E-state index is -0.246. The molecule has 5 nitrogen and oxygen atoms in total. The van der Waals surface area contributed by atoms with Crippen molar-refractivity contribution in [3.05, 3.63) is 51.0 Å². The number of nitrogens with one attached hydrogen (secondary N) is 1. The molecule has 1 aliphatic carbocycles. The Morgan fingerprint density at radius 1 is 1.30 bits per heavy atom. The van der Waals surface area contributed by atoms with Crippen molar-refractivity contribution in [1.29, 1.82) is 0 Å². The maximum Gasteiger partial charge on any atom is 0.225 e.